The highest BCUT2D eigenvalue weighted by molar-refractivity contribution is 6.17. The van der Waals surface area contributed by atoms with Crippen LogP contribution >= 0.6 is 11.6 Å². The maximum atomic E-state index is 11.6. The molecule has 0 radical (unpaired) electrons. The number of methoxy groups -OCH3 is 1. The maximum absolute atomic E-state index is 11.6. The van der Waals surface area contributed by atoms with E-state index in [1.54, 1.807) is 0 Å². The highest BCUT2D eigenvalue weighted by Crippen LogP contribution is 2.28. The van der Waals surface area contributed by atoms with Crippen LogP contribution in [0.4, 0.5) is 0 Å². The number of aromatic hydroxyl groups is 2. The molecule has 0 unspecified atom stereocenters. The number of hydrogen-bond acceptors (Lipinski definition) is 5. The molecule has 1 rings (SSSR count). The first-order valence-corrected chi connectivity index (χ1v) is 5.20. The summed E-state index contributed by atoms with van der Waals surface area (Å²) in [6, 6.07) is 1.00. The van der Waals surface area contributed by atoms with Crippen LogP contribution in [0.3, 0.4) is 0 Å². The molecule has 1 aromatic carbocycles. The number of hydrogen-bond donors (Lipinski definition) is 2. The highest BCUT2D eigenvalue weighted by Gasteiger charge is 2.19. The fourth-order valence-corrected chi connectivity index (χ4v) is 1.65. The van der Waals surface area contributed by atoms with Crippen LogP contribution in [-0.4, -0.2) is 23.3 Å². The molecule has 0 fully saturated rings. The van der Waals surface area contributed by atoms with Gasteiger partial charge in [-0.1, -0.05) is 0 Å². The second-order valence-electron chi connectivity index (χ2n) is 3.36. The average Bonchev–Trinajstić information content (AvgIpc) is 2.41. The van der Waals surface area contributed by atoms with Crippen molar-refractivity contribution in [3.8, 4) is 11.5 Å². The van der Waals surface area contributed by atoms with E-state index >= 15 is 0 Å². The lowest BCUT2D eigenvalue weighted by atomic mass is 10.1. The maximum Gasteiger partial charge on any atom is 0.338 e. The van der Waals surface area contributed by atoms with Crippen LogP contribution in [0.15, 0.2) is 10.9 Å². The highest BCUT2D eigenvalue weighted by atomic mass is 35.5. The van der Waals surface area contributed by atoms with Crippen molar-refractivity contribution < 1.29 is 19.7 Å². The number of halogens is 1. The van der Waals surface area contributed by atoms with Crippen LogP contribution in [-0.2, 0) is 10.6 Å². The number of carbonyl (C=O) groups excluding carboxylic acids is 1. The number of rotatable bonds is 2. The van der Waals surface area contributed by atoms with Crippen LogP contribution in [0, 0.1) is 6.92 Å². The minimum Gasteiger partial charge on any atom is -0.504 e. The van der Waals surface area contributed by atoms with Crippen LogP contribution < -0.4 is 5.43 Å². The van der Waals surface area contributed by atoms with E-state index < -0.39 is 22.9 Å². The van der Waals surface area contributed by atoms with E-state index in [0.29, 0.717) is 0 Å². The second kappa shape index (κ2) is 5.05. The Bertz CT molecular complexity index is 524. The summed E-state index contributed by atoms with van der Waals surface area (Å²) in [4.78, 5) is 23.0. The molecule has 0 heterocycles. The smallest absolute Gasteiger partial charge is 0.338 e. The predicted octanol–water partition coefficient (Wildman–Crippen LogP) is 1.29. The van der Waals surface area contributed by atoms with Gasteiger partial charge in [0.2, 0.25) is 11.2 Å². The summed E-state index contributed by atoms with van der Waals surface area (Å²) in [5, 5.41) is 19.0. The third-order valence-corrected chi connectivity index (χ3v) is 2.64. The Morgan fingerprint density at radius 2 is 2.00 bits per heavy atom. The van der Waals surface area contributed by atoms with Crippen molar-refractivity contribution in [2.45, 2.75) is 12.8 Å². The molecule has 0 saturated heterocycles. The Labute approximate surface area is 102 Å². The van der Waals surface area contributed by atoms with Gasteiger partial charge >= 0.3 is 5.97 Å². The molecular weight excluding hydrogens is 248 g/mol. The summed E-state index contributed by atoms with van der Waals surface area (Å²) in [5.41, 5.74) is -0.586. The minimum atomic E-state index is -0.816. The summed E-state index contributed by atoms with van der Waals surface area (Å²) in [5.74, 6) is -2.31. The van der Waals surface area contributed by atoms with Gasteiger partial charge in [0.15, 0.2) is 5.75 Å². The van der Waals surface area contributed by atoms with Crippen molar-refractivity contribution in [3.63, 3.8) is 0 Å². The van der Waals surface area contributed by atoms with Gasteiger partial charge in [-0.2, -0.15) is 0 Å². The fraction of sp³-hybridized carbons (Fsp3) is 0.273. The number of carbonyl (C=O) groups is 1. The van der Waals surface area contributed by atoms with E-state index in [9.17, 15) is 19.8 Å². The Morgan fingerprint density at radius 1 is 1.41 bits per heavy atom. The molecule has 0 aliphatic carbocycles. The third kappa shape index (κ3) is 2.34. The Kier molecular flexibility index (Phi) is 3.96. The van der Waals surface area contributed by atoms with Crippen molar-refractivity contribution in [3.05, 3.63) is 33.0 Å². The lowest BCUT2D eigenvalue weighted by molar-refractivity contribution is 0.0598. The molecule has 0 aliphatic rings. The molecular formula is C11H11ClO5. The van der Waals surface area contributed by atoms with Gasteiger partial charge in [0.1, 0.15) is 0 Å². The number of alkyl halides is 1. The summed E-state index contributed by atoms with van der Waals surface area (Å²) in [6.45, 7) is 1.39. The standard InChI is InChI=1S/C11H11ClO5/c1-5-8(11(16)17-2)6(4-12)3-7(13)10(15)9(5)14/h3H,4H2,1-2H3,(H2,13,14,15). The van der Waals surface area contributed by atoms with Gasteiger partial charge in [-0.3, -0.25) is 4.79 Å². The predicted molar refractivity (Wildman–Crippen MR) is 61.7 cm³/mol. The van der Waals surface area contributed by atoms with Crippen molar-refractivity contribution in [2.75, 3.05) is 7.11 Å². The van der Waals surface area contributed by atoms with Crippen LogP contribution in [0.2, 0.25) is 0 Å². The molecule has 0 aliphatic heterocycles. The van der Waals surface area contributed by atoms with E-state index in [1.807, 2.05) is 0 Å². The summed E-state index contributed by atoms with van der Waals surface area (Å²) >= 11 is 5.63. The Hall–Kier alpha value is -1.75. The van der Waals surface area contributed by atoms with E-state index in [2.05, 4.69) is 4.74 Å². The summed E-state index contributed by atoms with van der Waals surface area (Å²) in [7, 11) is 1.17. The molecule has 92 valence electrons. The van der Waals surface area contributed by atoms with Gasteiger partial charge in [0, 0.05) is 11.4 Å². The molecule has 0 amide bonds. The van der Waals surface area contributed by atoms with Gasteiger partial charge in [0.05, 0.1) is 12.7 Å². The molecule has 6 heteroatoms. The molecule has 2 N–H and O–H groups in total. The summed E-state index contributed by atoms with van der Waals surface area (Å²) in [6.07, 6.45) is 0. The fourth-order valence-electron chi connectivity index (χ4n) is 1.44. The van der Waals surface area contributed by atoms with E-state index in [4.69, 9.17) is 11.6 Å². The van der Waals surface area contributed by atoms with E-state index in [0.717, 1.165) is 6.07 Å². The van der Waals surface area contributed by atoms with Gasteiger partial charge in [0.25, 0.3) is 0 Å². The van der Waals surface area contributed by atoms with Crippen LogP contribution in [0.5, 0.6) is 11.5 Å². The normalized spacial score (nSPS) is 10.1. The number of esters is 1. The van der Waals surface area contributed by atoms with Crippen molar-refractivity contribution >= 4 is 17.6 Å². The lowest BCUT2D eigenvalue weighted by Gasteiger charge is -2.05. The van der Waals surface area contributed by atoms with Gasteiger partial charge in [-0.15, -0.1) is 11.6 Å². The molecule has 17 heavy (non-hydrogen) atoms. The zero-order valence-electron chi connectivity index (χ0n) is 9.28. The molecule has 0 bridgehead atoms. The van der Waals surface area contributed by atoms with Crippen LogP contribution in [0.1, 0.15) is 21.5 Å². The topological polar surface area (TPSA) is 83.8 Å². The van der Waals surface area contributed by atoms with Crippen molar-refractivity contribution in [2.24, 2.45) is 0 Å². The molecule has 5 nitrogen and oxygen atoms in total. The molecule has 0 aromatic heterocycles. The average molecular weight is 259 g/mol. The van der Waals surface area contributed by atoms with E-state index in [1.165, 1.54) is 14.0 Å². The monoisotopic (exact) mass is 258 g/mol. The van der Waals surface area contributed by atoms with Crippen molar-refractivity contribution in [1.29, 1.82) is 0 Å². The Morgan fingerprint density at radius 3 is 2.47 bits per heavy atom. The quantitative estimate of drug-likeness (QED) is 0.617. The zero-order valence-corrected chi connectivity index (χ0v) is 10.0. The molecule has 0 atom stereocenters. The Balaban J connectivity index is 3.82. The van der Waals surface area contributed by atoms with Crippen molar-refractivity contribution in [1.82, 2.24) is 0 Å². The largest absolute Gasteiger partial charge is 0.504 e. The number of ether oxygens (including phenoxy) is 1. The molecule has 0 spiro atoms. The first-order chi connectivity index (χ1) is 7.93. The first kappa shape index (κ1) is 13.3. The van der Waals surface area contributed by atoms with Crippen LogP contribution in [0.25, 0.3) is 0 Å². The molecule has 1 aromatic rings. The van der Waals surface area contributed by atoms with Gasteiger partial charge in [-0.25, -0.2) is 4.79 Å². The summed E-state index contributed by atoms with van der Waals surface area (Å²) < 4.78 is 4.54. The van der Waals surface area contributed by atoms with E-state index in [-0.39, 0.29) is 22.6 Å². The van der Waals surface area contributed by atoms with Gasteiger partial charge < -0.3 is 14.9 Å². The minimum absolute atomic E-state index is 0.0163. The first-order valence-electron chi connectivity index (χ1n) is 4.67. The van der Waals surface area contributed by atoms with Gasteiger partial charge in [-0.05, 0) is 18.6 Å². The SMILES string of the molecule is COC(=O)c1c(CCl)cc(=O)c(O)c(O)c1C. The molecule has 0 saturated carbocycles. The third-order valence-electron chi connectivity index (χ3n) is 2.35. The second-order valence-corrected chi connectivity index (χ2v) is 3.62. The lowest BCUT2D eigenvalue weighted by Crippen LogP contribution is -2.06. The zero-order chi connectivity index (χ0) is 13.2.